The van der Waals surface area contributed by atoms with Crippen molar-refractivity contribution in [2.24, 2.45) is 11.8 Å². The van der Waals surface area contributed by atoms with Crippen molar-refractivity contribution in [3.8, 4) is 0 Å². The Labute approximate surface area is 101 Å². The first-order valence-corrected chi connectivity index (χ1v) is 7.24. The van der Waals surface area contributed by atoms with Crippen LogP contribution in [-0.4, -0.2) is 38.1 Å². The first kappa shape index (κ1) is 12.4. The maximum Gasteiger partial charge on any atom is 0.0104 e. The number of hydrogen-bond donors (Lipinski definition) is 1. The molecular weight excluding hydrogens is 196 g/mol. The summed E-state index contributed by atoms with van der Waals surface area (Å²) < 4.78 is 0. The smallest absolute Gasteiger partial charge is 0.0104 e. The summed E-state index contributed by atoms with van der Waals surface area (Å²) in [6, 6.07) is 0. The maximum atomic E-state index is 3.63. The van der Waals surface area contributed by atoms with E-state index in [0.29, 0.717) is 0 Å². The van der Waals surface area contributed by atoms with E-state index in [9.17, 15) is 0 Å². The van der Waals surface area contributed by atoms with Gasteiger partial charge >= 0.3 is 0 Å². The Hall–Kier alpha value is -0.0800. The van der Waals surface area contributed by atoms with Gasteiger partial charge in [-0.05, 0) is 51.1 Å². The molecule has 0 amide bonds. The Bertz CT molecular complexity index is 183. The van der Waals surface area contributed by atoms with E-state index in [2.05, 4.69) is 17.3 Å². The standard InChI is InChI=1S/C14H28N2/c1-16(12-14-7-4-8-14)10-9-15-11-13-5-2-3-6-13/h13-15H,2-12H2,1H3. The Morgan fingerprint density at radius 1 is 1.00 bits per heavy atom. The highest BCUT2D eigenvalue weighted by Crippen LogP contribution is 2.26. The van der Waals surface area contributed by atoms with Crippen LogP contribution in [0.15, 0.2) is 0 Å². The van der Waals surface area contributed by atoms with E-state index in [1.165, 1.54) is 71.1 Å². The third-order valence-electron chi connectivity index (χ3n) is 4.37. The molecule has 2 fully saturated rings. The SMILES string of the molecule is CN(CCNCC1CCCC1)CC1CCC1. The minimum Gasteiger partial charge on any atom is -0.315 e. The normalized spacial score (nSPS) is 22.9. The summed E-state index contributed by atoms with van der Waals surface area (Å²) in [5, 5.41) is 3.63. The number of nitrogens with one attached hydrogen (secondary N) is 1. The van der Waals surface area contributed by atoms with E-state index in [1.807, 2.05) is 0 Å². The monoisotopic (exact) mass is 224 g/mol. The Balaban J connectivity index is 1.43. The molecule has 1 N–H and O–H groups in total. The zero-order chi connectivity index (χ0) is 11.2. The molecule has 0 aromatic rings. The first-order chi connectivity index (χ1) is 7.84. The highest BCUT2D eigenvalue weighted by atomic mass is 15.1. The lowest BCUT2D eigenvalue weighted by atomic mass is 9.85. The molecule has 0 aromatic carbocycles. The van der Waals surface area contributed by atoms with Crippen LogP contribution < -0.4 is 5.32 Å². The van der Waals surface area contributed by atoms with Crippen LogP contribution in [0.4, 0.5) is 0 Å². The van der Waals surface area contributed by atoms with Gasteiger partial charge in [-0.1, -0.05) is 19.3 Å². The molecule has 0 bridgehead atoms. The molecule has 0 aliphatic heterocycles. The first-order valence-electron chi connectivity index (χ1n) is 7.24. The van der Waals surface area contributed by atoms with Crippen molar-refractivity contribution < 1.29 is 0 Å². The molecule has 0 saturated heterocycles. The van der Waals surface area contributed by atoms with Gasteiger partial charge in [-0.2, -0.15) is 0 Å². The molecule has 0 spiro atoms. The molecule has 0 radical (unpaired) electrons. The topological polar surface area (TPSA) is 15.3 Å². The number of hydrogen-bond acceptors (Lipinski definition) is 2. The number of rotatable bonds is 7. The van der Waals surface area contributed by atoms with Gasteiger partial charge in [0.1, 0.15) is 0 Å². The summed E-state index contributed by atoms with van der Waals surface area (Å²) in [6.07, 6.45) is 10.3. The molecule has 2 rings (SSSR count). The Morgan fingerprint density at radius 3 is 2.31 bits per heavy atom. The van der Waals surface area contributed by atoms with Gasteiger partial charge in [-0.25, -0.2) is 0 Å². The van der Waals surface area contributed by atoms with Crippen molar-refractivity contribution in [1.29, 1.82) is 0 Å². The van der Waals surface area contributed by atoms with Gasteiger partial charge in [-0.15, -0.1) is 0 Å². The van der Waals surface area contributed by atoms with E-state index in [-0.39, 0.29) is 0 Å². The minimum absolute atomic E-state index is 0.983. The summed E-state index contributed by atoms with van der Waals surface area (Å²) in [4.78, 5) is 2.51. The number of nitrogens with zero attached hydrogens (tertiary/aromatic N) is 1. The zero-order valence-electron chi connectivity index (χ0n) is 10.9. The molecule has 2 aliphatic rings. The largest absolute Gasteiger partial charge is 0.315 e. The van der Waals surface area contributed by atoms with E-state index in [0.717, 1.165) is 11.8 Å². The molecule has 2 heteroatoms. The van der Waals surface area contributed by atoms with Crippen LogP contribution in [0.1, 0.15) is 44.9 Å². The van der Waals surface area contributed by atoms with Gasteiger partial charge in [0.15, 0.2) is 0 Å². The quantitative estimate of drug-likeness (QED) is 0.668. The summed E-state index contributed by atoms with van der Waals surface area (Å²) in [7, 11) is 2.27. The third kappa shape index (κ3) is 4.06. The van der Waals surface area contributed by atoms with Crippen LogP contribution in [0.25, 0.3) is 0 Å². The second kappa shape index (κ2) is 6.61. The van der Waals surface area contributed by atoms with Crippen molar-refractivity contribution in [3.63, 3.8) is 0 Å². The van der Waals surface area contributed by atoms with E-state index in [1.54, 1.807) is 0 Å². The predicted octanol–water partition coefficient (Wildman–Crippen LogP) is 2.50. The third-order valence-corrected chi connectivity index (χ3v) is 4.37. The van der Waals surface area contributed by atoms with E-state index < -0.39 is 0 Å². The molecule has 2 nitrogen and oxygen atoms in total. The highest BCUT2D eigenvalue weighted by Gasteiger charge is 2.18. The molecule has 94 valence electrons. The molecule has 0 atom stereocenters. The molecule has 16 heavy (non-hydrogen) atoms. The molecule has 2 aliphatic carbocycles. The predicted molar refractivity (Wildman–Crippen MR) is 69.7 cm³/mol. The lowest BCUT2D eigenvalue weighted by molar-refractivity contribution is 0.205. The summed E-state index contributed by atoms with van der Waals surface area (Å²) in [5.41, 5.74) is 0. The molecule has 0 aromatic heterocycles. The highest BCUT2D eigenvalue weighted by molar-refractivity contribution is 4.73. The van der Waals surface area contributed by atoms with Crippen LogP contribution in [-0.2, 0) is 0 Å². The van der Waals surface area contributed by atoms with Gasteiger partial charge in [0.25, 0.3) is 0 Å². The van der Waals surface area contributed by atoms with Gasteiger partial charge in [0, 0.05) is 19.6 Å². The summed E-state index contributed by atoms with van der Waals surface area (Å²) in [5.74, 6) is 2.00. The maximum absolute atomic E-state index is 3.63. The van der Waals surface area contributed by atoms with Gasteiger partial charge in [-0.3, -0.25) is 0 Å². The van der Waals surface area contributed by atoms with Crippen LogP contribution >= 0.6 is 0 Å². The van der Waals surface area contributed by atoms with Gasteiger partial charge < -0.3 is 10.2 Å². The average Bonchev–Trinajstić information content (AvgIpc) is 2.71. The van der Waals surface area contributed by atoms with Gasteiger partial charge in [0.05, 0.1) is 0 Å². The summed E-state index contributed by atoms with van der Waals surface area (Å²) >= 11 is 0. The lowest BCUT2D eigenvalue weighted by Crippen LogP contribution is -2.35. The Morgan fingerprint density at radius 2 is 1.69 bits per heavy atom. The summed E-state index contributed by atoms with van der Waals surface area (Å²) in [6.45, 7) is 4.99. The zero-order valence-corrected chi connectivity index (χ0v) is 10.9. The fourth-order valence-electron chi connectivity index (χ4n) is 3.00. The molecule has 0 unspecified atom stereocenters. The molecule has 0 heterocycles. The van der Waals surface area contributed by atoms with E-state index in [4.69, 9.17) is 0 Å². The van der Waals surface area contributed by atoms with Crippen LogP contribution in [0.2, 0.25) is 0 Å². The fraction of sp³-hybridized carbons (Fsp3) is 1.00. The van der Waals surface area contributed by atoms with Gasteiger partial charge in [0.2, 0.25) is 0 Å². The van der Waals surface area contributed by atoms with Crippen molar-refractivity contribution >= 4 is 0 Å². The number of likely N-dealkylation sites (N-methyl/N-ethyl adjacent to an activating group) is 1. The fourth-order valence-corrected chi connectivity index (χ4v) is 3.00. The van der Waals surface area contributed by atoms with Crippen molar-refractivity contribution in [3.05, 3.63) is 0 Å². The van der Waals surface area contributed by atoms with Crippen LogP contribution in [0.3, 0.4) is 0 Å². The molecule has 2 saturated carbocycles. The second-order valence-electron chi connectivity index (χ2n) is 5.91. The second-order valence-corrected chi connectivity index (χ2v) is 5.91. The minimum atomic E-state index is 0.983. The molecular formula is C14H28N2. The van der Waals surface area contributed by atoms with Crippen molar-refractivity contribution in [1.82, 2.24) is 10.2 Å². The van der Waals surface area contributed by atoms with Crippen LogP contribution in [0, 0.1) is 11.8 Å². The lowest BCUT2D eigenvalue weighted by Gasteiger charge is -2.30. The van der Waals surface area contributed by atoms with Crippen LogP contribution in [0.5, 0.6) is 0 Å². The van der Waals surface area contributed by atoms with Crippen molar-refractivity contribution in [2.75, 3.05) is 33.2 Å². The van der Waals surface area contributed by atoms with E-state index >= 15 is 0 Å². The van der Waals surface area contributed by atoms with Crippen molar-refractivity contribution in [2.45, 2.75) is 44.9 Å². The Kier molecular flexibility index (Phi) is 5.11. The average molecular weight is 224 g/mol.